The number of ether oxygens (including phenoxy) is 4. The van der Waals surface area contributed by atoms with Crippen molar-refractivity contribution in [2.45, 2.75) is 31.2 Å². The fourth-order valence-corrected chi connectivity index (χ4v) is 4.06. The molecule has 1 heterocycles. The Balaban J connectivity index is 1.42. The summed E-state index contributed by atoms with van der Waals surface area (Å²) in [6, 6.07) is 12.4. The second kappa shape index (κ2) is 8.65. The Morgan fingerprint density at radius 2 is 1.70 bits per heavy atom. The van der Waals surface area contributed by atoms with Gasteiger partial charge >= 0.3 is 5.97 Å². The van der Waals surface area contributed by atoms with Crippen LogP contribution in [-0.4, -0.2) is 38.8 Å². The average molecular weight is 411 g/mol. The lowest BCUT2D eigenvalue weighted by atomic mass is 9.87. The summed E-state index contributed by atoms with van der Waals surface area (Å²) in [5.74, 6) is 1.37. The topological polar surface area (TPSA) is 83.1 Å². The van der Waals surface area contributed by atoms with Gasteiger partial charge in [0.15, 0.2) is 18.1 Å². The molecule has 0 saturated heterocycles. The second-order valence-corrected chi connectivity index (χ2v) is 7.50. The number of hydrogen-bond donors (Lipinski definition) is 1. The first-order valence-electron chi connectivity index (χ1n) is 10.1. The molecule has 1 fully saturated rings. The van der Waals surface area contributed by atoms with Crippen molar-refractivity contribution in [3.05, 3.63) is 53.6 Å². The van der Waals surface area contributed by atoms with Crippen molar-refractivity contribution in [1.29, 1.82) is 0 Å². The molecule has 0 atom stereocenters. The molecule has 7 nitrogen and oxygen atoms in total. The van der Waals surface area contributed by atoms with E-state index < -0.39 is 11.5 Å². The molecule has 0 spiro atoms. The van der Waals surface area contributed by atoms with E-state index >= 15 is 0 Å². The molecular formula is C23H25NO6. The molecule has 2 aliphatic rings. The fraction of sp³-hybridized carbons (Fsp3) is 0.391. The van der Waals surface area contributed by atoms with Crippen LogP contribution in [0, 0.1) is 0 Å². The molecule has 0 aromatic heterocycles. The molecule has 0 unspecified atom stereocenters. The Morgan fingerprint density at radius 1 is 1.00 bits per heavy atom. The summed E-state index contributed by atoms with van der Waals surface area (Å²) >= 11 is 0. The van der Waals surface area contributed by atoms with E-state index in [4.69, 9.17) is 14.2 Å². The molecule has 1 N–H and O–H groups in total. The van der Waals surface area contributed by atoms with Crippen molar-refractivity contribution in [1.82, 2.24) is 5.32 Å². The van der Waals surface area contributed by atoms with E-state index in [-0.39, 0.29) is 12.5 Å². The van der Waals surface area contributed by atoms with E-state index in [9.17, 15) is 9.59 Å². The third-order valence-electron chi connectivity index (χ3n) is 5.58. The van der Waals surface area contributed by atoms with Gasteiger partial charge in [0.05, 0.1) is 18.2 Å². The Hall–Kier alpha value is -3.22. The molecule has 0 radical (unpaired) electrons. The first-order valence-corrected chi connectivity index (χ1v) is 10.1. The summed E-state index contributed by atoms with van der Waals surface area (Å²) < 4.78 is 21.6. The zero-order valence-electron chi connectivity index (χ0n) is 16.9. The van der Waals surface area contributed by atoms with Gasteiger partial charge in [0.25, 0.3) is 5.91 Å². The van der Waals surface area contributed by atoms with Crippen LogP contribution in [0.15, 0.2) is 42.5 Å². The van der Waals surface area contributed by atoms with E-state index in [2.05, 4.69) is 10.1 Å². The van der Waals surface area contributed by atoms with Crippen molar-refractivity contribution >= 4 is 11.9 Å². The van der Waals surface area contributed by atoms with Crippen LogP contribution in [-0.2, 0) is 15.1 Å². The maximum absolute atomic E-state index is 12.7. The van der Waals surface area contributed by atoms with Gasteiger partial charge in [0.2, 0.25) is 0 Å². The first kappa shape index (κ1) is 20.1. The van der Waals surface area contributed by atoms with Crippen molar-refractivity contribution in [2.75, 3.05) is 26.9 Å². The minimum atomic E-state index is -0.426. The third kappa shape index (κ3) is 4.20. The molecule has 4 rings (SSSR count). The van der Waals surface area contributed by atoms with Gasteiger partial charge in [-0.2, -0.15) is 0 Å². The summed E-state index contributed by atoms with van der Waals surface area (Å²) in [6.45, 7) is 0.967. The normalized spacial score (nSPS) is 16.6. The second-order valence-electron chi connectivity index (χ2n) is 7.50. The third-order valence-corrected chi connectivity index (χ3v) is 5.58. The van der Waals surface area contributed by atoms with Crippen LogP contribution in [0.4, 0.5) is 0 Å². The van der Waals surface area contributed by atoms with Gasteiger partial charge in [-0.05, 0) is 54.8 Å². The van der Waals surface area contributed by atoms with E-state index in [1.807, 2.05) is 18.2 Å². The predicted molar refractivity (Wildman–Crippen MR) is 109 cm³/mol. The van der Waals surface area contributed by atoms with Crippen LogP contribution < -0.4 is 19.5 Å². The molecule has 30 heavy (non-hydrogen) atoms. The monoisotopic (exact) mass is 411 g/mol. The number of esters is 1. The number of carbonyl (C=O) groups is 2. The van der Waals surface area contributed by atoms with Crippen LogP contribution in [0.2, 0.25) is 0 Å². The van der Waals surface area contributed by atoms with Crippen LogP contribution in [0.5, 0.6) is 17.2 Å². The quantitative estimate of drug-likeness (QED) is 0.735. The van der Waals surface area contributed by atoms with Gasteiger partial charge in [-0.25, -0.2) is 4.79 Å². The highest BCUT2D eigenvalue weighted by Crippen LogP contribution is 2.42. The molecule has 1 aliphatic carbocycles. The van der Waals surface area contributed by atoms with Gasteiger partial charge in [0.1, 0.15) is 19.0 Å². The highest BCUT2D eigenvalue weighted by Gasteiger charge is 2.38. The maximum atomic E-state index is 12.7. The molecule has 2 aromatic rings. The summed E-state index contributed by atoms with van der Waals surface area (Å²) in [5.41, 5.74) is 1.03. The van der Waals surface area contributed by atoms with Gasteiger partial charge in [-0.1, -0.05) is 18.9 Å². The SMILES string of the molecule is COC(=O)c1ccc(OCC(=O)NC2(c3ccc4c(c3)OCCO4)CCCC2)cc1. The van der Waals surface area contributed by atoms with Crippen molar-refractivity contribution in [3.63, 3.8) is 0 Å². The van der Waals surface area contributed by atoms with Gasteiger partial charge in [-0.3, -0.25) is 4.79 Å². The highest BCUT2D eigenvalue weighted by atomic mass is 16.6. The van der Waals surface area contributed by atoms with Crippen LogP contribution in [0.1, 0.15) is 41.6 Å². The van der Waals surface area contributed by atoms with E-state index in [0.717, 1.165) is 42.7 Å². The zero-order valence-corrected chi connectivity index (χ0v) is 16.9. The van der Waals surface area contributed by atoms with E-state index in [1.165, 1.54) is 7.11 Å². The molecule has 1 amide bonds. The van der Waals surface area contributed by atoms with Crippen molar-refractivity contribution in [2.24, 2.45) is 0 Å². The van der Waals surface area contributed by atoms with E-state index in [1.54, 1.807) is 24.3 Å². The molecule has 7 heteroatoms. The van der Waals surface area contributed by atoms with Gasteiger partial charge in [0, 0.05) is 0 Å². The lowest BCUT2D eigenvalue weighted by molar-refractivity contribution is -0.125. The minimum absolute atomic E-state index is 0.107. The van der Waals surface area contributed by atoms with Crippen molar-refractivity contribution in [3.8, 4) is 17.2 Å². The lowest BCUT2D eigenvalue weighted by Gasteiger charge is -2.32. The molecule has 1 aliphatic heterocycles. The van der Waals surface area contributed by atoms with Crippen LogP contribution in [0.25, 0.3) is 0 Å². The predicted octanol–water partition coefficient (Wildman–Crippen LogP) is 3.21. The Kier molecular flexibility index (Phi) is 5.79. The van der Waals surface area contributed by atoms with Crippen molar-refractivity contribution < 1.29 is 28.5 Å². The van der Waals surface area contributed by atoms with Gasteiger partial charge in [-0.15, -0.1) is 0 Å². The van der Waals surface area contributed by atoms with Gasteiger partial charge < -0.3 is 24.3 Å². The molecule has 0 bridgehead atoms. The fourth-order valence-electron chi connectivity index (χ4n) is 4.06. The number of fused-ring (bicyclic) bond motifs is 1. The zero-order chi connectivity index (χ0) is 21.0. The number of carbonyl (C=O) groups excluding carboxylic acids is 2. The number of methoxy groups -OCH3 is 1. The Morgan fingerprint density at radius 3 is 2.40 bits per heavy atom. The molecule has 1 saturated carbocycles. The summed E-state index contributed by atoms with van der Waals surface area (Å²) in [5, 5.41) is 3.19. The minimum Gasteiger partial charge on any atom is -0.486 e. The summed E-state index contributed by atoms with van der Waals surface area (Å²) in [4.78, 5) is 24.2. The van der Waals surface area contributed by atoms with Crippen LogP contribution >= 0.6 is 0 Å². The van der Waals surface area contributed by atoms with E-state index in [0.29, 0.717) is 24.5 Å². The number of hydrogen-bond acceptors (Lipinski definition) is 6. The summed E-state index contributed by atoms with van der Waals surface area (Å²) in [6.07, 6.45) is 3.83. The largest absolute Gasteiger partial charge is 0.486 e. The Bertz CT molecular complexity index is 918. The smallest absolute Gasteiger partial charge is 0.337 e. The highest BCUT2D eigenvalue weighted by molar-refractivity contribution is 5.89. The number of rotatable bonds is 6. The molecule has 158 valence electrons. The lowest BCUT2D eigenvalue weighted by Crippen LogP contribution is -2.45. The summed E-state index contributed by atoms with van der Waals surface area (Å²) in [7, 11) is 1.33. The molecular weight excluding hydrogens is 386 g/mol. The van der Waals surface area contributed by atoms with Crippen LogP contribution in [0.3, 0.4) is 0 Å². The average Bonchev–Trinajstić information content (AvgIpc) is 3.26. The number of amides is 1. The molecule has 2 aromatic carbocycles. The Labute approximate surface area is 175 Å². The standard InChI is InChI=1S/C23H25NO6/c1-27-22(26)16-4-7-18(8-5-16)30-15-21(25)24-23(10-2-3-11-23)17-6-9-19-20(14-17)29-13-12-28-19/h4-9,14H,2-3,10-13,15H2,1H3,(H,24,25). The number of nitrogens with one attached hydrogen (secondary N) is 1. The first-order chi connectivity index (χ1) is 14.6. The number of benzene rings is 2. The maximum Gasteiger partial charge on any atom is 0.337 e.